The number of hydrogen-bond donors (Lipinski definition) is 4. The quantitative estimate of drug-likeness (QED) is 0.516. The summed E-state index contributed by atoms with van der Waals surface area (Å²) >= 11 is 0. The number of pyridine rings is 1. The van der Waals surface area contributed by atoms with E-state index in [-0.39, 0.29) is 17.2 Å². The second kappa shape index (κ2) is 6.21. The first-order valence-corrected chi connectivity index (χ1v) is 6.58. The molecule has 0 aliphatic heterocycles. The molecule has 0 saturated heterocycles. The van der Waals surface area contributed by atoms with E-state index in [1.165, 1.54) is 6.07 Å². The zero-order chi connectivity index (χ0) is 16.3. The van der Waals surface area contributed by atoms with Crippen molar-refractivity contribution >= 4 is 23.3 Å². The van der Waals surface area contributed by atoms with Crippen LogP contribution in [0.1, 0.15) is 11.3 Å². The third-order valence-corrected chi connectivity index (χ3v) is 3.12. The van der Waals surface area contributed by atoms with E-state index < -0.39 is 11.8 Å². The largest absolute Gasteiger partial charge is 0.373 e. The lowest BCUT2D eigenvalue weighted by molar-refractivity contribution is 0.628. The van der Waals surface area contributed by atoms with Crippen molar-refractivity contribution in [2.24, 2.45) is 5.73 Å². The number of nitrogens with zero attached hydrogens (tertiary/aromatic N) is 2. The van der Waals surface area contributed by atoms with E-state index in [0.717, 1.165) is 4.90 Å². The third kappa shape index (κ3) is 2.88. The Morgan fingerprint density at radius 2 is 1.91 bits per heavy atom. The van der Waals surface area contributed by atoms with Crippen LogP contribution in [0.3, 0.4) is 0 Å². The van der Waals surface area contributed by atoms with Crippen molar-refractivity contribution in [3.63, 3.8) is 0 Å². The molecule has 0 fully saturated rings. The molecule has 1 aromatic heterocycles. The van der Waals surface area contributed by atoms with Crippen LogP contribution in [0, 0.1) is 23.6 Å². The van der Waals surface area contributed by atoms with Crippen molar-refractivity contribution in [3.8, 4) is 0 Å². The van der Waals surface area contributed by atoms with Gasteiger partial charge in [-0.1, -0.05) is 18.2 Å². The van der Waals surface area contributed by atoms with Gasteiger partial charge in [-0.3, -0.25) is 15.7 Å². The van der Waals surface area contributed by atoms with Gasteiger partial charge in [0, 0.05) is 7.05 Å². The predicted octanol–water partition coefficient (Wildman–Crippen LogP) is 2.30. The van der Waals surface area contributed by atoms with Crippen molar-refractivity contribution in [3.05, 3.63) is 53.5 Å². The fraction of sp³-hybridized carbons (Fsp3) is 0.133. The number of rotatable bonds is 3. The van der Waals surface area contributed by atoms with E-state index in [1.54, 1.807) is 44.3 Å². The zero-order valence-electron chi connectivity index (χ0n) is 12.3. The van der Waals surface area contributed by atoms with Crippen molar-refractivity contribution < 1.29 is 4.39 Å². The smallest absolute Gasteiger partial charge is 0.199 e. The van der Waals surface area contributed by atoms with Crippen molar-refractivity contribution in [2.75, 3.05) is 17.3 Å². The van der Waals surface area contributed by atoms with Gasteiger partial charge in [0.15, 0.2) is 11.8 Å². The number of aryl methyl sites for hydroxylation is 1. The van der Waals surface area contributed by atoms with Gasteiger partial charge in [0.2, 0.25) is 0 Å². The number of amidine groups is 1. The number of aromatic nitrogens is 1. The van der Waals surface area contributed by atoms with E-state index in [9.17, 15) is 4.39 Å². The van der Waals surface area contributed by atoms with Crippen LogP contribution in [0.2, 0.25) is 0 Å². The molecule has 0 bridgehead atoms. The Morgan fingerprint density at radius 1 is 1.23 bits per heavy atom. The average Bonchev–Trinajstić information content (AvgIpc) is 2.50. The van der Waals surface area contributed by atoms with E-state index in [0.29, 0.717) is 11.4 Å². The molecule has 1 heterocycles. The number of anilines is 2. The summed E-state index contributed by atoms with van der Waals surface area (Å²) in [5.41, 5.74) is 6.51. The van der Waals surface area contributed by atoms with Gasteiger partial charge in [0.05, 0.1) is 5.69 Å². The summed E-state index contributed by atoms with van der Waals surface area (Å²) in [6.07, 6.45) is 0. The molecule has 2 aromatic rings. The zero-order valence-corrected chi connectivity index (χ0v) is 12.3. The SMILES string of the molecule is CNc1cccc(C(=N)N(C(=N)N)c2c(C)cccc2F)n1. The van der Waals surface area contributed by atoms with Crippen LogP contribution in [0.5, 0.6) is 0 Å². The van der Waals surface area contributed by atoms with Gasteiger partial charge in [-0.05, 0) is 30.7 Å². The molecule has 6 nitrogen and oxygen atoms in total. The number of nitrogens with two attached hydrogens (primary N) is 1. The number of hydrogen-bond acceptors (Lipinski definition) is 4. The monoisotopic (exact) mass is 300 g/mol. The van der Waals surface area contributed by atoms with Gasteiger partial charge < -0.3 is 11.1 Å². The number of guanidine groups is 1. The van der Waals surface area contributed by atoms with Crippen LogP contribution in [0.15, 0.2) is 36.4 Å². The van der Waals surface area contributed by atoms with Gasteiger partial charge in [-0.15, -0.1) is 0 Å². The molecule has 114 valence electrons. The molecule has 0 aliphatic rings. The number of nitrogens with one attached hydrogen (secondary N) is 3. The Balaban J connectivity index is 2.52. The topological polar surface area (TPSA) is 102 Å². The second-order valence-corrected chi connectivity index (χ2v) is 4.63. The molecule has 0 saturated carbocycles. The number of para-hydroxylation sites is 1. The lowest BCUT2D eigenvalue weighted by Crippen LogP contribution is -2.42. The van der Waals surface area contributed by atoms with Gasteiger partial charge in [-0.25, -0.2) is 9.37 Å². The first-order valence-electron chi connectivity index (χ1n) is 6.58. The van der Waals surface area contributed by atoms with Crippen LogP contribution >= 0.6 is 0 Å². The first kappa shape index (κ1) is 15.4. The fourth-order valence-corrected chi connectivity index (χ4v) is 2.08. The van der Waals surface area contributed by atoms with Gasteiger partial charge in [0.1, 0.15) is 17.3 Å². The summed E-state index contributed by atoms with van der Waals surface area (Å²) in [6.45, 7) is 1.69. The maximum atomic E-state index is 14.2. The lowest BCUT2D eigenvalue weighted by atomic mass is 10.1. The summed E-state index contributed by atoms with van der Waals surface area (Å²) in [7, 11) is 1.71. The minimum absolute atomic E-state index is 0.0802. The highest BCUT2D eigenvalue weighted by molar-refractivity contribution is 6.21. The van der Waals surface area contributed by atoms with Crippen LogP contribution in [-0.4, -0.2) is 23.8 Å². The molecule has 0 radical (unpaired) electrons. The minimum Gasteiger partial charge on any atom is -0.373 e. The summed E-state index contributed by atoms with van der Waals surface area (Å²) in [6, 6.07) is 9.59. The van der Waals surface area contributed by atoms with Gasteiger partial charge >= 0.3 is 0 Å². The normalized spacial score (nSPS) is 10.1. The molecule has 0 unspecified atom stereocenters. The number of halogens is 1. The molecule has 22 heavy (non-hydrogen) atoms. The van der Waals surface area contributed by atoms with E-state index in [4.69, 9.17) is 16.6 Å². The van der Waals surface area contributed by atoms with E-state index in [1.807, 2.05) is 0 Å². The van der Waals surface area contributed by atoms with Crippen LogP contribution in [-0.2, 0) is 0 Å². The van der Waals surface area contributed by atoms with Crippen molar-refractivity contribution in [1.82, 2.24) is 4.98 Å². The molecule has 7 heteroatoms. The Bertz CT molecular complexity index is 707. The summed E-state index contributed by atoms with van der Waals surface area (Å²) in [5.74, 6) is -0.603. The Labute approximate surface area is 127 Å². The molecular formula is C15H17FN6. The maximum absolute atomic E-state index is 14.2. The molecule has 0 aliphatic carbocycles. The van der Waals surface area contributed by atoms with Crippen LogP contribution in [0.4, 0.5) is 15.9 Å². The Morgan fingerprint density at radius 3 is 2.50 bits per heavy atom. The summed E-state index contributed by atoms with van der Waals surface area (Å²) in [4.78, 5) is 5.26. The average molecular weight is 300 g/mol. The number of benzene rings is 1. The highest BCUT2D eigenvalue weighted by Crippen LogP contribution is 2.25. The van der Waals surface area contributed by atoms with Gasteiger partial charge in [-0.2, -0.15) is 0 Å². The molecule has 0 atom stereocenters. The van der Waals surface area contributed by atoms with Crippen LogP contribution in [0.25, 0.3) is 0 Å². The molecular weight excluding hydrogens is 283 g/mol. The van der Waals surface area contributed by atoms with Crippen LogP contribution < -0.4 is 16.0 Å². The predicted molar refractivity (Wildman–Crippen MR) is 86.1 cm³/mol. The molecule has 5 N–H and O–H groups in total. The van der Waals surface area contributed by atoms with Gasteiger partial charge in [0.25, 0.3) is 0 Å². The second-order valence-electron chi connectivity index (χ2n) is 4.63. The minimum atomic E-state index is -0.551. The van der Waals surface area contributed by atoms with Crippen molar-refractivity contribution in [2.45, 2.75) is 6.92 Å². The molecule has 1 aromatic carbocycles. The fourth-order valence-electron chi connectivity index (χ4n) is 2.08. The highest BCUT2D eigenvalue weighted by Gasteiger charge is 2.23. The molecule has 0 amide bonds. The van der Waals surface area contributed by atoms with E-state index in [2.05, 4.69) is 10.3 Å². The summed E-state index contributed by atoms with van der Waals surface area (Å²) in [5, 5.41) is 18.8. The third-order valence-electron chi connectivity index (χ3n) is 3.12. The standard InChI is InChI=1S/C15H17FN6/c1-9-5-3-6-10(16)13(9)22(15(18)19)14(17)11-7-4-8-12(20-2)21-11/h3-8,17H,1-2H3,(H3,18,19)(H,20,21). The molecule has 0 spiro atoms. The van der Waals surface area contributed by atoms with Crippen molar-refractivity contribution in [1.29, 1.82) is 10.8 Å². The molecule has 2 rings (SSSR count). The highest BCUT2D eigenvalue weighted by atomic mass is 19.1. The Kier molecular flexibility index (Phi) is 4.36. The summed E-state index contributed by atoms with van der Waals surface area (Å²) < 4.78 is 14.2. The Hall–Kier alpha value is -2.96. The first-order chi connectivity index (χ1) is 10.5. The maximum Gasteiger partial charge on any atom is 0.199 e. The van der Waals surface area contributed by atoms with E-state index >= 15 is 0 Å². The lowest BCUT2D eigenvalue weighted by Gasteiger charge is -2.25.